The molecular formula is C15H21NO2S. The molecule has 0 spiro atoms. The van der Waals surface area contributed by atoms with Crippen LogP contribution in [0.3, 0.4) is 0 Å². The minimum absolute atomic E-state index is 0.0357. The molecule has 3 rings (SSSR count). The summed E-state index contributed by atoms with van der Waals surface area (Å²) >= 11 is 1.77. The van der Waals surface area contributed by atoms with Crippen LogP contribution in [-0.4, -0.2) is 23.7 Å². The van der Waals surface area contributed by atoms with Gasteiger partial charge in [0.2, 0.25) is 5.91 Å². The summed E-state index contributed by atoms with van der Waals surface area (Å²) in [6.45, 7) is 0.635. The second-order valence-electron chi connectivity index (χ2n) is 5.75. The second kappa shape index (κ2) is 5.63. The van der Waals surface area contributed by atoms with Gasteiger partial charge in [-0.15, -0.1) is 11.3 Å². The smallest absolute Gasteiger partial charge is 0.227 e. The lowest BCUT2D eigenvalue weighted by atomic mass is 9.87. The number of hydrogen-bond donors (Lipinski definition) is 2. The zero-order valence-corrected chi connectivity index (χ0v) is 11.9. The van der Waals surface area contributed by atoms with E-state index in [9.17, 15) is 9.90 Å². The normalized spacial score (nSPS) is 30.1. The number of amides is 1. The summed E-state index contributed by atoms with van der Waals surface area (Å²) in [4.78, 5) is 13.7. The van der Waals surface area contributed by atoms with E-state index in [-0.39, 0.29) is 23.8 Å². The van der Waals surface area contributed by atoms with Gasteiger partial charge in [-0.2, -0.15) is 0 Å². The first kappa shape index (κ1) is 13.1. The molecule has 1 fully saturated rings. The number of thiophene rings is 1. The predicted octanol–water partition coefficient (Wildman–Crippen LogP) is 2.45. The molecule has 19 heavy (non-hydrogen) atoms. The lowest BCUT2D eigenvalue weighted by molar-refractivity contribution is -0.123. The molecule has 2 aliphatic carbocycles. The van der Waals surface area contributed by atoms with E-state index in [4.69, 9.17) is 0 Å². The Bertz CT molecular complexity index is 457. The van der Waals surface area contributed by atoms with E-state index in [1.807, 2.05) is 0 Å². The fourth-order valence-electron chi connectivity index (χ4n) is 3.37. The highest BCUT2D eigenvalue weighted by Crippen LogP contribution is 2.35. The van der Waals surface area contributed by atoms with Crippen LogP contribution < -0.4 is 5.32 Å². The number of rotatable bonds is 3. The zero-order valence-electron chi connectivity index (χ0n) is 11.1. The van der Waals surface area contributed by atoms with Crippen molar-refractivity contribution in [2.24, 2.45) is 5.92 Å². The SMILES string of the molecule is O=C(NCC1CCCC1O)C1CCCc2sccc21. The molecule has 3 unspecified atom stereocenters. The highest BCUT2D eigenvalue weighted by Gasteiger charge is 2.29. The van der Waals surface area contributed by atoms with E-state index in [0.717, 1.165) is 38.5 Å². The molecule has 1 heterocycles. The van der Waals surface area contributed by atoms with Crippen molar-refractivity contribution < 1.29 is 9.90 Å². The van der Waals surface area contributed by atoms with Crippen molar-refractivity contribution in [2.45, 2.75) is 50.5 Å². The van der Waals surface area contributed by atoms with Crippen LogP contribution >= 0.6 is 11.3 Å². The van der Waals surface area contributed by atoms with Crippen molar-refractivity contribution in [1.29, 1.82) is 0 Å². The molecule has 1 saturated carbocycles. The van der Waals surface area contributed by atoms with Crippen molar-refractivity contribution in [3.05, 3.63) is 21.9 Å². The molecule has 3 nitrogen and oxygen atoms in total. The summed E-state index contributed by atoms with van der Waals surface area (Å²) in [5, 5.41) is 14.9. The topological polar surface area (TPSA) is 49.3 Å². The van der Waals surface area contributed by atoms with Crippen LogP contribution in [0.5, 0.6) is 0 Å². The van der Waals surface area contributed by atoms with Gasteiger partial charge in [0.15, 0.2) is 0 Å². The summed E-state index contributed by atoms with van der Waals surface area (Å²) in [6.07, 6.45) is 5.98. The van der Waals surface area contributed by atoms with Gasteiger partial charge in [-0.3, -0.25) is 4.79 Å². The molecule has 4 heteroatoms. The Morgan fingerprint density at radius 3 is 3.05 bits per heavy atom. The zero-order chi connectivity index (χ0) is 13.2. The van der Waals surface area contributed by atoms with E-state index in [1.54, 1.807) is 11.3 Å². The van der Waals surface area contributed by atoms with Crippen LogP contribution in [0.2, 0.25) is 0 Å². The van der Waals surface area contributed by atoms with Gasteiger partial charge in [0, 0.05) is 17.3 Å². The monoisotopic (exact) mass is 279 g/mol. The molecule has 1 aromatic rings. The quantitative estimate of drug-likeness (QED) is 0.893. The number of carbonyl (C=O) groups is 1. The summed E-state index contributed by atoms with van der Waals surface area (Å²) in [6, 6.07) is 2.10. The van der Waals surface area contributed by atoms with Gasteiger partial charge >= 0.3 is 0 Å². The number of aryl methyl sites for hydroxylation is 1. The molecular weight excluding hydrogens is 258 g/mol. The van der Waals surface area contributed by atoms with Crippen molar-refractivity contribution in [2.75, 3.05) is 6.54 Å². The largest absolute Gasteiger partial charge is 0.393 e. The third-order valence-electron chi connectivity index (χ3n) is 4.53. The van der Waals surface area contributed by atoms with Gasteiger partial charge in [-0.25, -0.2) is 0 Å². The number of hydrogen-bond acceptors (Lipinski definition) is 3. The van der Waals surface area contributed by atoms with Crippen LogP contribution in [0, 0.1) is 5.92 Å². The van der Waals surface area contributed by atoms with E-state index in [0.29, 0.717) is 6.54 Å². The van der Waals surface area contributed by atoms with E-state index in [1.165, 1.54) is 10.4 Å². The molecule has 2 N–H and O–H groups in total. The van der Waals surface area contributed by atoms with Crippen LogP contribution in [0.1, 0.15) is 48.5 Å². The van der Waals surface area contributed by atoms with E-state index >= 15 is 0 Å². The second-order valence-corrected chi connectivity index (χ2v) is 6.75. The van der Waals surface area contributed by atoms with Gasteiger partial charge in [0.25, 0.3) is 0 Å². The Labute approximate surface area is 118 Å². The molecule has 0 aliphatic heterocycles. The Balaban J connectivity index is 1.59. The molecule has 104 valence electrons. The van der Waals surface area contributed by atoms with Gasteiger partial charge in [0.1, 0.15) is 0 Å². The predicted molar refractivity (Wildman–Crippen MR) is 76.4 cm³/mol. The summed E-state index contributed by atoms with van der Waals surface area (Å²) in [7, 11) is 0. The fourth-order valence-corrected chi connectivity index (χ4v) is 4.36. The van der Waals surface area contributed by atoms with Gasteiger partial charge in [-0.05, 0) is 49.1 Å². The van der Waals surface area contributed by atoms with Crippen LogP contribution in [-0.2, 0) is 11.2 Å². The van der Waals surface area contributed by atoms with Crippen molar-refractivity contribution in [3.8, 4) is 0 Å². The standard InChI is InChI=1S/C15H21NO2S/c17-13-5-1-3-10(13)9-16-15(18)12-4-2-6-14-11(12)7-8-19-14/h7-8,10,12-13,17H,1-6,9H2,(H,16,18). The third kappa shape index (κ3) is 2.70. The fraction of sp³-hybridized carbons (Fsp3) is 0.667. The summed E-state index contributed by atoms with van der Waals surface area (Å²) < 4.78 is 0. The average Bonchev–Trinajstić information content (AvgIpc) is 3.04. The Morgan fingerprint density at radius 1 is 1.37 bits per heavy atom. The maximum absolute atomic E-state index is 12.3. The number of fused-ring (bicyclic) bond motifs is 1. The van der Waals surface area contributed by atoms with Crippen LogP contribution in [0.25, 0.3) is 0 Å². The minimum atomic E-state index is -0.219. The Hall–Kier alpha value is -0.870. The maximum Gasteiger partial charge on any atom is 0.227 e. The molecule has 3 atom stereocenters. The van der Waals surface area contributed by atoms with Crippen molar-refractivity contribution in [3.63, 3.8) is 0 Å². The molecule has 2 aliphatic rings. The molecule has 0 aromatic carbocycles. The van der Waals surface area contributed by atoms with Crippen LogP contribution in [0.4, 0.5) is 0 Å². The van der Waals surface area contributed by atoms with E-state index < -0.39 is 0 Å². The Kier molecular flexibility index (Phi) is 3.89. The molecule has 1 aromatic heterocycles. The molecule has 0 saturated heterocycles. The molecule has 0 bridgehead atoms. The van der Waals surface area contributed by atoms with E-state index in [2.05, 4.69) is 16.8 Å². The first-order valence-electron chi connectivity index (χ1n) is 7.27. The van der Waals surface area contributed by atoms with Gasteiger partial charge < -0.3 is 10.4 Å². The highest BCUT2D eigenvalue weighted by atomic mass is 32.1. The van der Waals surface area contributed by atoms with Crippen molar-refractivity contribution >= 4 is 17.2 Å². The molecule has 1 amide bonds. The lowest BCUT2D eigenvalue weighted by Crippen LogP contribution is -2.36. The first-order chi connectivity index (χ1) is 9.25. The average molecular weight is 279 g/mol. The number of aliphatic hydroxyl groups is 1. The highest BCUT2D eigenvalue weighted by molar-refractivity contribution is 7.10. The number of aliphatic hydroxyl groups excluding tert-OH is 1. The maximum atomic E-state index is 12.3. The number of nitrogens with one attached hydrogen (secondary N) is 1. The van der Waals surface area contributed by atoms with Gasteiger partial charge in [-0.1, -0.05) is 6.42 Å². The first-order valence-corrected chi connectivity index (χ1v) is 8.15. The lowest BCUT2D eigenvalue weighted by Gasteiger charge is -2.23. The molecule has 0 radical (unpaired) electrons. The van der Waals surface area contributed by atoms with Crippen molar-refractivity contribution in [1.82, 2.24) is 5.32 Å². The summed E-state index contributed by atoms with van der Waals surface area (Å²) in [5.41, 5.74) is 1.24. The summed E-state index contributed by atoms with van der Waals surface area (Å²) in [5.74, 6) is 0.446. The minimum Gasteiger partial charge on any atom is -0.393 e. The Morgan fingerprint density at radius 2 is 2.26 bits per heavy atom. The van der Waals surface area contributed by atoms with Crippen LogP contribution in [0.15, 0.2) is 11.4 Å². The third-order valence-corrected chi connectivity index (χ3v) is 5.52. The number of carbonyl (C=O) groups excluding carboxylic acids is 1. The van der Waals surface area contributed by atoms with Gasteiger partial charge in [0.05, 0.1) is 12.0 Å².